The molecule has 0 atom stereocenters. The van der Waals surface area contributed by atoms with E-state index in [2.05, 4.69) is 9.88 Å². The third kappa shape index (κ3) is 4.57. The van der Waals surface area contributed by atoms with E-state index in [-0.39, 0.29) is 24.5 Å². The molecule has 1 saturated heterocycles. The topological polar surface area (TPSA) is 62.7 Å². The number of halogens is 1. The highest BCUT2D eigenvalue weighted by atomic mass is 35.5. The third-order valence-corrected chi connectivity index (χ3v) is 6.53. The summed E-state index contributed by atoms with van der Waals surface area (Å²) in [5.41, 5.74) is 1.54. The van der Waals surface area contributed by atoms with Gasteiger partial charge in [0.2, 0.25) is 5.91 Å². The zero-order valence-corrected chi connectivity index (χ0v) is 18.2. The molecule has 0 radical (unpaired) electrons. The lowest BCUT2D eigenvalue weighted by molar-refractivity contribution is -0.131. The highest BCUT2D eigenvalue weighted by Crippen LogP contribution is 2.31. The van der Waals surface area contributed by atoms with Gasteiger partial charge in [0.25, 0.3) is 0 Å². The fraction of sp³-hybridized carbons (Fsp3) is 0.318. The van der Waals surface area contributed by atoms with Crippen LogP contribution in [0.4, 0.5) is 5.13 Å². The van der Waals surface area contributed by atoms with E-state index in [1.807, 2.05) is 23.1 Å². The number of carbonyl (C=O) groups is 2. The second-order valence-electron chi connectivity index (χ2n) is 7.13. The number of piperazine rings is 1. The molecule has 0 saturated carbocycles. The summed E-state index contributed by atoms with van der Waals surface area (Å²) >= 11 is 7.68. The van der Waals surface area contributed by atoms with Gasteiger partial charge < -0.3 is 14.5 Å². The number of ether oxygens (including phenoxy) is 1. The molecule has 0 spiro atoms. The Labute approximate surface area is 184 Å². The molecular weight excluding hydrogens is 422 g/mol. The first-order chi connectivity index (χ1) is 14.5. The summed E-state index contributed by atoms with van der Waals surface area (Å²) in [6.45, 7) is 2.72. The Morgan fingerprint density at radius 2 is 1.80 bits per heavy atom. The van der Waals surface area contributed by atoms with Crippen LogP contribution in [0.3, 0.4) is 0 Å². The highest BCUT2D eigenvalue weighted by molar-refractivity contribution is 7.22. The third-order valence-electron chi connectivity index (χ3n) is 5.22. The Kier molecular flexibility index (Phi) is 6.20. The zero-order valence-electron chi connectivity index (χ0n) is 16.6. The summed E-state index contributed by atoms with van der Waals surface area (Å²) in [6.07, 6.45) is 0.439. The quantitative estimate of drug-likeness (QED) is 0.532. The molecule has 0 bridgehead atoms. The van der Waals surface area contributed by atoms with Gasteiger partial charge in [0.1, 0.15) is 5.75 Å². The number of nitrogens with zero attached hydrogens (tertiary/aromatic N) is 3. The van der Waals surface area contributed by atoms with Crippen LogP contribution in [-0.4, -0.2) is 54.9 Å². The van der Waals surface area contributed by atoms with Crippen LogP contribution in [0.5, 0.6) is 5.75 Å². The molecule has 2 heterocycles. The van der Waals surface area contributed by atoms with E-state index >= 15 is 0 Å². The van der Waals surface area contributed by atoms with Gasteiger partial charge in [0.15, 0.2) is 10.9 Å². The number of hydrogen-bond donors (Lipinski definition) is 0. The van der Waals surface area contributed by atoms with Crippen molar-refractivity contribution in [1.29, 1.82) is 0 Å². The van der Waals surface area contributed by atoms with Crippen LogP contribution in [-0.2, 0) is 4.79 Å². The lowest BCUT2D eigenvalue weighted by Gasteiger charge is -2.34. The highest BCUT2D eigenvalue weighted by Gasteiger charge is 2.23. The van der Waals surface area contributed by atoms with E-state index in [0.717, 1.165) is 28.4 Å². The molecule has 1 amide bonds. The van der Waals surface area contributed by atoms with Crippen LogP contribution in [0.1, 0.15) is 23.2 Å². The summed E-state index contributed by atoms with van der Waals surface area (Å²) in [4.78, 5) is 33.6. The maximum absolute atomic E-state index is 12.6. The molecule has 156 valence electrons. The van der Waals surface area contributed by atoms with Gasteiger partial charge in [-0.05, 0) is 42.5 Å². The normalized spacial score (nSPS) is 14.2. The van der Waals surface area contributed by atoms with Crippen LogP contribution >= 0.6 is 22.9 Å². The van der Waals surface area contributed by atoms with Crippen molar-refractivity contribution in [3.05, 3.63) is 53.1 Å². The predicted molar refractivity (Wildman–Crippen MR) is 120 cm³/mol. The smallest absolute Gasteiger partial charge is 0.223 e. The number of fused-ring (bicyclic) bond motifs is 1. The fourth-order valence-electron chi connectivity index (χ4n) is 3.47. The Morgan fingerprint density at radius 3 is 2.50 bits per heavy atom. The lowest BCUT2D eigenvalue weighted by Crippen LogP contribution is -2.48. The van der Waals surface area contributed by atoms with Crippen molar-refractivity contribution >= 4 is 50.0 Å². The van der Waals surface area contributed by atoms with E-state index in [9.17, 15) is 9.59 Å². The van der Waals surface area contributed by atoms with Crippen molar-refractivity contribution in [2.45, 2.75) is 12.8 Å². The molecule has 0 N–H and O–H groups in total. The molecule has 1 aliphatic rings. The molecule has 8 heteroatoms. The number of hydrogen-bond acceptors (Lipinski definition) is 6. The van der Waals surface area contributed by atoms with E-state index in [0.29, 0.717) is 29.4 Å². The minimum atomic E-state index is -0.0298. The van der Waals surface area contributed by atoms with Gasteiger partial charge in [-0.2, -0.15) is 0 Å². The molecule has 1 aromatic heterocycles. The molecule has 30 heavy (non-hydrogen) atoms. The van der Waals surface area contributed by atoms with Crippen LogP contribution < -0.4 is 9.64 Å². The summed E-state index contributed by atoms with van der Waals surface area (Å²) in [5.74, 6) is 0.696. The molecule has 1 aliphatic heterocycles. The standard InChI is InChI=1S/C22H22ClN3O3S/c1-29-17-5-2-15(3-6-17)19(27)8-9-21(28)25-10-12-26(13-11-25)22-24-18-7-4-16(23)14-20(18)30-22/h2-7,14H,8-13H2,1H3. The van der Waals surface area contributed by atoms with Gasteiger partial charge in [-0.1, -0.05) is 22.9 Å². The maximum atomic E-state index is 12.6. The number of methoxy groups -OCH3 is 1. The van der Waals surface area contributed by atoms with Crippen molar-refractivity contribution < 1.29 is 14.3 Å². The molecule has 6 nitrogen and oxygen atoms in total. The van der Waals surface area contributed by atoms with Gasteiger partial charge in [0, 0.05) is 49.6 Å². The molecule has 4 rings (SSSR count). The van der Waals surface area contributed by atoms with Crippen molar-refractivity contribution in [1.82, 2.24) is 9.88 Å². The number of aromatic nitrogens is 1. The number of benzene rings is 2. The number of rotatable bonds is 6. The van der Waals surface area contributed by atoms with Crippen molar-refractivity contribution in [2.75, 3.05) is 38.2 Å². The Morgan fingerprint density at radius 1 is 1.07 bits per heavy atom. The van der Waals surface area contributed by atoms with E-state index in [4.69, 9.17) is 16.3 Å². The molecule has 3 aromatic rings. The summed E-state index contributed by atoms with van der Waals surface area (Å²) < 4.78 is 6.17. The van der Waals surface area contributed by atoms with Gasteiger partial charge in [-0.15, -0.1) is 0 Å². The number of ketones is 1. The predicted octanol–water partition coefficient (Wildman–Crippen LogP) is 4.27. The van der Waals surface area contributed by atoms with Crippen LogP contribution in [0.2, 0.25) is 5.02 Å². The average molecular weight is 444 g/mol. The van der Waals surface area contributed by atoms with Gasteiger partial charge in [0.05, 0.1) is 17.3 Å². The Balaban J connectivity index is 1.28. The second kappa shape index (κ2) is 9.02. The lowest BCUT2D eigenvalue weighted by atomic mass is 10.1. The molecule has 1 fully saturated rings. The van der Waals surface area contributed by atoms with E-state index in [1.54, 1.807) is 42.7 Å². The second-order valence-corrected chi connectivity index (χ2v) is 8.57. The number of Topliss-reactive ketones (excluding diaryl/α,β-unsaturated/α-hetero) is 1. The number of amides is 1. The minimum Gasteiger partial charge on any atom is -0.497 e. The van der Waals surface area contributed by atoms with Gasteiger partial charge in [-0.3, -0.25) is 9.59 Å². The number of thiazole rings is 1. The monoisotopic (exact) mass is 443 g/mol. The SMILES string of the molecule is COc1ccc(C(=O)CCC(=O)N2CCN(c3nc4ccc(Cl)cc4s3)CC2)cc1. The molecule has 0 aliphatic carbocycles. The number of carbonyl (C=O) groups excluding carboxylic acids is 2. The first kappa shape index (κ1) is 20.6. The molecule has 2 aromatic carbocycles. The van der Waals surface area contributed by atoms with Gasteiger partial charge >= 0.3 is 0 Å². The summed E-state index contributed by atoms with van der Waals surface area (Å²) in [6, 6.07) is 12.7. The van der Waals surface area contributed by atoms with Crippen LogP contribution in [0, 0.1) is 0 Å². The van der Waals surface area contributed by atoms with E-state index in [1.165, 1.54) is 0 Å². The van der Waals surface area contributed by atoms with Crippen molar-refractivity contribution in [3.8, 4) is 5.75 Å². The zero-order chi connectivity index (χ0) is 21.1. The Hall–Kier alpha value is -2.64. The first-order valence-electron chi connectivity index (χ1n) is 9.79. The van der Waals surface area contributed by atoms with E-state index < -0.39 is 0 Å². The maximum Gasteiger partial charge on any atom is 0.223 e. The fourth-order valence-corrected chi connectivity index (χ4v) is 4.76. The van der Waals surface area contributed by atoms with Crippen molar-refractivity contribution in [2.24, 2.45) is 0 Å². The number of anilines is 1. The first-order valence-corrected chi connectivity index (χ1v) is 11.0. The molecule has 0 unspecified atom stereocenters. The summed E-state index contributed by atoms with van der Waals surface area (Å²) in [5, 5.41) is 1.66. The van der Waals surface area contributed by atoms with Crippen LogP contribution in [0.15, 0.2) is 42.5 Å². The minimum absolute atomic E-state index is 0.0209. The largest absolute Gasteiger partial charge is 0.497 e. The van der Waals surface area contributed by atoms with Crippen molar-refractivity contribution in [3.63, 3.8) is 0 Å². The Bertz CT molecular complexity index is 1060. The molecular formula is C22H22ClN3O3S. The summed E-state index contributed by atoms with van der Waals surface area (Å²) in [7, 11) is 1.59. The average Bonchev–Trinajstić information content (AvgIpc) is 3.20. The van der Waals surface area contributed by atoms with Gasteiger partial charge in [-0.25, -0.2) is 4.98 Å². The van der Waals surface area contributed by atoms with Crippen LogP contribution in [0.25, 0.3) is 10.2 Å².